The minimum absolute atomic E-state index is 0.168. The maximum absolute atomic E-state index is 13.7. The first-order chi connectivity index (χ1) is 9.56. The number of fused-ring (bicyclic) bond motifs is 1. The lowest BCUT2D eigenvalue weighted by Gasteiger charge is -2.31. The van der Waals surface area contributed by atoms with E-state index in [4.69, 9.17) is 10.5 Å². The highest BCUT2D eigenvalue weighted by molar-refractivity contribution is 6.05. The van der Waals surface area contributed by atoms with Gasteiger partial charge >= 0.3 is 12.3 Å². The number of rotatable bonds is 1. The number of benzene rings is 2. The molecule has 20 heavy (non-hydrogen) atoms. The molecule has 0 saturated carbocycles. The Balaban J connectivity index is 2.14. The van der Waals surface area contributed by atoms with E-state index < -0.39 is 18.1 Å². The van der Waals surface area contributed by atoms with Gasteiger partial charge in [-0.25, -0.2) is 4.39 Å². The van der Waals surface area contributed by atoms with Crippen molar-refractivity contribution in [3.8, 4) is 5.75 Å². The van der Waals surface area contributed by atoms with Crippen molar-refractivity contribution < 1.29 is 18.3 Å². The fourth-order valence-corrected chi connectivity index (χ4v) is 2.05. The summed E-state index contributed by atoms with van der Waals surface area (Å²) in [6.07, 6.45) is -2.12. The van der Waals surface area contributed by atoms with Crippen LogP contribution in [0.1, 0.15) is 0 Å². The number of hydrogen-bond acceptors (Lipinski definition) is 3. The van der Waals surface area contributed by atoms with E-state index >= 15 is 0 Å². The summed E-state index contributed by atoms with van der Waals surface area (Å²) in [6, 6.07) is 9.74. The summed E-state index contributed by atoms with van der Waals surface area (Å²) < 4.78 is 31.5. The van der Waals surface area contributed by atoms with E-state index in [-0.39, 0.29) is 5.75 Å². The molecular weight excluding hydrogens is 266 g/mol. The van der Waals surface area contributed by atoms with Crippen LogP contribution in [0.15, 0.2) is 42.5 Å². The predicted octanol–water partition coefficient (Wildman–Crippen LogP) is 2.76. The first-order valence-electron chi connectivity index (χ1n) is 5.86. The summed E-state index contributed by atoms with van der Waals surface area (Å²) in [5, 5.41) is 0. The topological polar surface area (TPSA) is 55.6 Å². The molecule has 1 unspecified atom stereocenters. The van der Waals surface area contributed by atoms with Gasteiger partial charge in [-0.2, -0.15) is 4.39 Å². The zero-order chi connectivity index (χ0) is 14.3. The van der Waals surface area contributed by atoms with Gasteiger partial charge in [0.25, 0.3) is 0 Å². The first-order valence-corrected chi connectivity index (χ1v) is 5.86. The van der Waals surface area contributed by atoms with E-state index in [9.17, 15) is 13.6 Å². The van der Waals surface area contributed by atoms with E-state index in [0.717, 1.165) is 4.90 Å². The van der Waals surface area contributed by atoms with Crippen molar-refractivity contribution in [2.45, 2.75) is 6.36 Å². The van der Waals surface area contributed by atoms with Crippen molar-refractivity contribution in [1.82, 2.24) is 0 Å². The molecule has 0 saturated heterocycles. The van der Waals surface area contributed by atoms with E-state index in [2.05, 4.69) is 0 Å². The third kappa shape index (κ3) is 1.95. The fraction of sp³-hybridized carbons (Fsp3) is 0.0714. The molecule has 1 aliphatic rings. The molecule has 0 fully saturated rings. The molecule has 0 aromatic heterocycles. The molecule has 4 nitrogen and oxygen atoms in total. The van der Waals surface area contributed by atoms with Gasteiger partial charge in [-0.3, -0.25) is 9.69 Å². The van der Waals surface area contributed by atoms with E-state index in [0.29, 0.717) is 17.1 Å². The maximum Gasteiger partial charge on any atom is 0.317 e. The Morgan fingerprint density at radius 2 is 1.85 bits per heavy atom. The molecular formula is C14H10F2N2O2. The van der Waals surface area contributed by atoms with E-state index in [1.54, 1.807) is 12.1 Å². The summed E-state index contributed by atoms with van der Waals surface area (Å²) in [5.74, 6) is -1.14. The number of nitrogens with zero attached hydrogens (tertiary/aromatic N) is 1. The molecule has 0 radical (unpaired) electrons. The highest BCUT2D eigenvalue weighted by atomic mass is 19.1. The number of carbonyl (C=O) groups is 1. The smallest absolute Gasteiger partial charge is 0.317 e. The van der Waals surface area contributed by atoms with Crippen molar-refractivity contribution in [2.24, 2.45) is 0 Å². The van der Waals surface area contributed by atoms with Crippen molar-refractivity contribution in [3.05, 3.63) is 48.3 Å². The van der Waals surface area contributed by atoms with Crippen LogP contribution < -0.4 is 15.4 Å². The molecule has 2 aromatic rings. The highest BCUT2D eigenvalue weighted by Gasteiger charge is 2.35. The van der Waals surface area contributed by atoms with Crippen LogP contribution in [0.5, 0.6) is 5.75 Å². The Morgan fingerprint density at radius 3 is 2.55 bits per heavy atom. The molecule has 0 spiro atoms. The second-order valence-corrected chi connectivity index (χ2v) is 4.31. The van der Waals surface area contributed by atoms with Crippen LogP contribution in [-0.2, 0) is 4.79 Å². The Bertz CT molecular complexity index is 673. The van der Waals surface area contributed by atoms with Gasteiger partial charge in [0.05, 0.1) is 5.69 Å². The normalized spacial score (nSPS) is 17.6. The summed E-state index contributed by atoms with van der Waals surface area (Å²) in [4.78, 5) is 13.1. The van der Waals surface area contributed by atoms with Crippen LogP contribution in [0.2, 0.25) is 0 Å². The minimum Gasteiger partial charge on any atom is -0.449 e. The van der Waals surface area contributed by atoms with Crippen LogP contribution in [0.3, 0.4) is 0 Å². The highest BCUT2D eigenvalue weighted by Crippen LogP contribution is 2.40. The zero-order valence-electron chi connectivity index (χ0n) is 10.2. The predicted molar refractivity (Wildman–Crippen MR) is 69.9 cm³/mol. The molecule has 3 rings (SSSR count). The number of amides is 1. The Labute approximate surface area is 113 Å². The fourth-order valence-electron chi connectivity index (χ4n) is 2.05. The zero-order valence-corrected chi connectivity index (χ0v) is 10.2. The average molecular weight is 276 g/mol. The quantitative estimate of drug-likeness (QED) is 0.815. The summed E-state index contributed by atoms with van der Waals surface area (Å²) in [6.45, 7) is 0. The van der Waals surface area contributed by atoms with Gasteiger partial charge < -0.3 is 10.5 Å². The second-order valence-electron chi connectivity index (χ2n) is 4.31. The van der Waals surface area contributed by atoms with Crippen LogP contribution >= 0.6 is 0 Å². The van der Waals surface area contributed by atoms with Crippen LogP contribution in [-0.4, -0.2) is 12.3 Å². The van der Waals surface area contributed by atoms with Crippen LogP contribution in [0.25, 0.3) is 0 Å². The third-order valence-corrected chi connectivity index (χ3v) is 2.95. The standard InChI is InChI=1S/C14H10F2N2O2/c15-8-1-4-10(5-2-8)18-11-6-3-9(17)7-12(11)20-13(16)14(18)19/h1-7,13H,17H2. The largest absolute Gasteiger partial charge is 0.449 e. The Kier molecular flexibility index (Phi) is 2.78. The maximum atomic E-state index is 13.7. The van der Waals surface area contributed by atoms with Crippen LogP contribution in [0, 0.1) is 5.82 Å². The number of halogens is 2. The summed E-state index contributed by atoms with van der Waals surface area (Å²) in [5.41, 5.74) is 6.72. The lowest BCUT2D eigenvalue weighted by atomic mass is 10.1. The van der Waals surface area contributed by atoms with Crippen LogP contribution in [0.4, 0.5) is 25.8 Å². The Morgan fingerprint density at radius 1 is 1.15 bits per heavy atom. The number of hydrogen-bond donors (Lipinski definition) is 1. The number of nitrogen functional groups attached to an aromatic ring is 1. The van der Waals surface area contributed by atoms with Crippen molar-refractivity contribution in [1.29, 1.82) is 0 Å². The number of ether oxygens (including phenoxy) is 1. The Hall–Kier alpha value is -2.63. The van der Waals surface area contributed by atoms with Gasteiger partial charge in [0, 0.05) is 17.4 Å². The average Bonchev–Trinajstić information content (AvgIpc) is 2.42. The van der Waals surface area contributed by atoms with Gasteiger partial charge in [0.2, 0.25) is 0 Å². The molecule has 102 valence electrons. The second kappa shape index (κ2) is 4.48. The monoisotopic (exact) mass is 276 g/mol. The van der Waals surface area contributed by atoms with Gasteiger partial charge in [-0.1, -0.05) is 0 Å². The molecule has 2 aromatic carbocycles. The van der Waals surface area contributed by atoms with Gasteiger partial charge in [0.15, 0.2) is 0 Å². The van der Waals surface area contributed by atoms with Gasteiger partial charge in [-0.05, 0) is 36.4 Å². The number of alkyl halides is 1. The number of anilines is 3. The van der Waals surface area contributed by atoms with E-state index in [1.807, 2.05) is 0 Å². The molecule has 1 aliphatic heterocycles. The van der Waals surface area contributed by atoms with Crippen molar-refractivity contribution in [3.63, 3.8) is 0 Å². The molecule has 0 aliphatic carbocycles. The van der Waals surface area contributed by atoms with Gasteiger partial charge in [0.1, 0.15) is 11.6 Å². The van der Waals surface area contributed by atoms with E-state index in [1.165, 1.54) is 30.3 Å². The molecule has 0 bridgehead atoms. The SMILES string of the molecule is Nc1ccc2c(c1)OC(F)C(=O)N2c1ccc(F)cc1. The summed E-state index contributed by atoms with van der Waals surface area (Å²) >= 11 is 0. The van der Waals surface area contributed by atoms with Crippen molar-refractivity contribution >= 4 is 23.0 Å². The molecule has 1 heterocycles. The molecule has 2 N–H and O–H groups in total. The molecule has 6 heteroatoms. The lowest BCUT2D eigenvalue weighted by Crippen LogP contribution is -2.40. The molecule has 1 amide bonds. The number of carbonyl (C=O) groups excluding carboxylic acids is 1. The lowest BCUT2D eigenvalue weighted by molar-refractivity contribution is -0.133. The van der Waals surface area contributed by atoms with Gasteiger partial charge in [-0.15, -0.1) is 0 Å². The first kappa shape index (κ1) is 12.4. The third-order valence-electron chi connectivity index (χ3n) is 2.95. The summed E-state index contributed by atoms with van der Waals surface area (Å²) in [7, 11) is 0. The minimum atomic E-state index is -2.12. The molecule has 1 atom stereocenters. The van der Waals surface area contributed by atoms with Crippen molar-refractivity contribution in [2.75, 3.05) is 10.6 Å². The number of nitrogens with two attached hydrogens (primary N) is 1.